The molecule has 0 bridgehead atoms. The van der Waals surface area contributed by atoms with Gasteiger partial charge in [-0.15, -0.1) is 0 Å². The fourth-order valence-electron chi connectivity index (χ4n) is 1.90. The van der Waals surface area contributed by atoms with Crippen LogP contribution in [0.1, 0.15) is 10.4 Å². The molecule has 0 aliphatic heterocycles. The molecule has 8 heteroatoms. The second-order valence-corrected chi connectivity index (χ2v) is 4.12. The zero-order chi connectivity index (χ0) is 15.9. The highest BCUT2D eigenvalue weighted by atomic mass is 16.4. The molecule has 2 rings (SSSR count). The zero-order valence-corrected chi connectivity index (χ0v) is 10.3. The van der Waals surface area contributed by atoms with E-state index in [-0.39, 0.29) is 5.56 Å². The fourth-order valence-corrected chi connectivity index (χ4v) is 1.90. The van der Waals surface area contributed by atoms with E-state index in [9.17, 15) is 35.4 Å². The molecule has 0 saturated carbocycles. The molecule has 7 N–H and O–H groups in total. The van der Waals surface area contributed by atoms with Gasteiger partial charge in [-0.3, -0.25) is 0 Å². The van der Waals surface area contributed by atoms with Crippen LogP contribution in [0.4, 0.5) is 0 Å². The van der Waals surface area contributed by atoms with E-state index in [4.69, 9.17) is 5.11 Å². The van der Waals surface area contributed by atoms with Crippen molar-refractivity contribution < 1.29 is 40.5 Å². The van der Waals surface area contributed by atoms with Crippen LogP contribution in [0.2, 0.25) is 0 Å². The molecule has 21 heavy (non-hydrogen) atoms. The summed E-state index contributed by atoms with van der Waals surface area (Å²) in [6, 6.07) is 3.50. The quantitative estimate of drug-likeness (QED) is 0.322. The monoisotopic (exact) mass is 294 g/mol. The molecule has 0 aliphatic rings. The minimum absolute atomic E-state index is 0.351. The maximum absolute atomic E-state index is 11.2. The molecule has 0 unspecified atom stereocenters. The number of rotatable bonds is 2. The Kier molecular flexibility index (Phi) is 3.14. The number of phenolic OH excluding ortho intramolecular Hbond substituents is 5. The van der Waals surface area contributed by atoms with Gasteiger partial charge in [0.1, 0.15) is 5.56 Å². The van der Waals surface area contributed by atoms with Crippen LogP contribution < -0.4 is 0 Å². The van der Waals surface area contributed by atoms with Crippen molar-refractivity contribution in [1.82, 2.24) is 0 Å². The van der Waals surface area contributed by atoms with Crippen LogP contribution in [0.5, 0.6) is 34.5 Å². The molecule has 110 valence electrons. The van der Waals surface area contributed by atoms with E-state index in [1.165, 1.54) is 6.07 Å². The summed E-state index contributed by atoms with van der Waals surface area (Å²) in [4.78, 5) is 11.2. The predicted octanol–water partition coefficient (Wildman–Crippen LogP) is 1.29. The van der Waals surface area contributed by atoms with Crippen LogP contribution in [0.25, 0.3) is 11.1 Å². The Morgan fingerprint density at radius 1 is 0.762 bits per heavy atom. The summed E-state index contributed by atoms with van der Waals surface area (Å²) in [5, 5.41) is 66.6. The SMILES string of the molecule is O=C(O)c1c(O)c(O)c(O)c(O)c1-c1cccc(O)c1O. The molecule has 0 aromatic heterocycles. The molecule has 0 saturated heterocycles. The molecule has 0 fully saturated rings. The molecule has 0 spiro atoms. The highest BCUT2D eigenvalue weighted by Gasteiger charge is 2.30. The summed E-state index contributed by atoms with van der Waals surface area (Å²) in [5.41, 5.74) is -1.94. The van der Waals surface area contributed by atoms with Gasteiger partial charge in [0.25, 0.3) is 0 Å². The number of aromatic carboxylic acids is 1. The fraction of sp³-hybridized carbons (Fsp3) is 0. The van der Waals surface area contributed by atoms with Crippen LogP contribution in [0.15, 0.2) is 18.2 Å². The number of carbonyl (C=O) groups is 1. The number of carboxylic acids is 1. The first-order valence-corrected chi connectivity index (χ1v) is 5.51. The molecule has 0 amide bonds. The topological polar surface area (TPSA) is 159 Å². The molecular formula is C13H10O8. The highest BCUT2D eigenvalue weighted by Crippen LogP contribution is 2.53. The summed E-state index contributed by atoms with van der Waals surface area (Å²) in [6.45, 7) is 0. The third-order valence-corrected chi connectivity index (χ3v) is 2.89. The van der Waals surface area contributed by atoms with Crippen LogP contribution in [0, 0.1) is 0 Å². The zero-order valence-electron chi connectivity index (χ0n) is 10.3. The minimum atomic E-state index is -1.73. The summed E-state index contributed by atoms with van der Waals surface area (Å²) in [5.74, 6) is -7.71. The van der Waals surface area contributed by atoms with Gasteiger partial charge < -0.3 is 35.7 Å². The Morgan fingerprint density at radius 3 is 1.90 bits per heavy atom. The van der Waals surface area contributed by atoms with E-state index in [0.717, 1.165) is 12.1 Å². The van der Waals surface area contributed by atoms with Gasteiger partial charge in [-0.05, 0) is 6.07 Å². The molecular weight excluding hydrogens is 284 g/mol. The molecule has 0 aliphatic carbocycles. The first-order chi connectivity index (χ1) is 9.77. The van der Waals surface area contributed by atoms with E-state index in [2.05, 4.69) is 0 Å². The number of phenols is 6. The van der Waals surface area contributed by atoms with Gasteiger partial charge in [-0.25, -0.2) is 4.79 Å². The maximum atomic E-state index is 11.2. The summed E-state index contributed by atoms with van der Waals surface area (Å²) in [7, 11) is 0. The predicted molar refractivity (Wildman–Crippen MR) is 68.8 cm³/mol. The van der Waals surface area contributed by atoms with Gasteiger partial charge >= 0.3 is 5.97 Å². The first-order valence-electron chi connectivity index (χ1n) is 5.51. The van der Waals surface area contributed by atoms with Gasteiger partial charge in [0.2, 0.25) is 11.5 Å². The molecule has 0 heterocycles. The summed E-state index contributed by atoms with van der Waals surface area (Å²) in [6.07, 6.45) is 0. The lowest BCUT2D eigenvalue weighted by Gasteiger charge is -2.15. The van der Waals surface area contributed by atoms with Crippen molar-refractivity contribution in [2.45, 2.75) is 0 Å². The summed E-state index contributed by atoms with van der Waals surface area (Å²) >= 11 is 0. The van der Waals surface area contributed by atoms with Crippen molar-refractivity contribution in [3.05, 3.63) is 23.8 Å². The lowest BCUT2D eigenvalue weighted by molar-refractivity contribution is 0.0693. The average Bonchev–Trinajstić information content (AvgIpc) is 2.43. The molecule has 2 aromatic carbocycles. The third kappa shape index (κ3) is 1.98. The molecule has 8 nitrogen and oxygen atoms in total. The molecule has 2 aromatic rings. The smallest absolute Gasteiger partial charge is 0.340 e. The van der Waals surface area contributed by atoms with E-state index < -0.39 is 51.6 Å². The van der Waals surface area contributed by atoms with Crippen molar-refractivity contribution in [3.63, 3.8) is 0 Å². The second kappa shape index (κ2) is 4.67. The summed E-state index contributed by atoms with van der Waals surface area (Å²) < 4.78 is 0. The number of para-hydroxylation sites is 1. The number of benzene rings is 2. The van der Waals surface area contributed by atoms with E-state index in [1.807, 2.05) is 0 Å². The van der Waals surface area contributed by atoms with Crippen molar-refractivity contribution >= 4 is 5.97 Å². The van der Waals surface area contributed by atoms with Crippen LogP contribution in [0.3, 0.4) is 0 Å². The Morgan fingerprint density at radius 2 is 1.33 bits per heavy atom. The van der Waals surface area contributed by atoms with Crippen LogP contribution in [-0.4, -0.2) is 41.7 Å². The standard InChI is InChI=1S/C13H10O8/c14-5-3-1-2-4(8(5)15)6-7(13(20)21)10(17)12(19)11(18)9(6)16/h1-3,14-19H,(H,20,21). The first kappa shape index (κ1) is 14.1. The maximum Gasteiger partial charge on any atom is 0.340 e. The number of aromatic hydroxyl groups is 6. The lowest BCUT2D eigenvalue weighted by atomic mass is 9.95. The van der Waals surface area contributed by atoms with Crippen molar-refractivity contribution in [3.8, 4) is 45.6 Å². The van der Waals surface area contributed by atoms with Crippen molar-refractivity contribution in [2.24, 2.45) is 0 Å². The second-order valence-electron chi connectivity index (χ2n) is 4.12. The van der Waals surface area contributed by atoms with Gasteiger partial charge in [0, 0.05) is 11.1 Å². The Bertz CT molecular complexity index is 751. The largest absolute Gasteiger partial charge is 0.504 e. The Balaban J connectivity index is 2.98. The average molecular weight is 294 g/mol. The Hall–Kier alpha value is -3.29. The van der Waals surface area contributed by atoms with E-state index in [1.54, 1.807) is 0 Å². The number of carboxylic acid groups (broad SMARTS) is 1. The van der Waals surface area contributed by atoms with Gasteiger partial charge in [0.05, 0.1) is 0 Å². The van der Waals surface area contributed by atoms with Gasteiger partial charge in [0.15, 0.2) is 23.0 Å². The minimum Gasteiger partial charge on any atom is -0.504 e. The Labute approximate surface area is 117 Å². The van der Waals surface area contributed by atoms with Crippen molar-refractivity contribution in [1.29, 1.82) is 0 Å². The van der Waals surface area contributed by atoms with E-state index in [0.29, 0.717) is 0 Å². The van der Waals surface area contributed by atoms with E-state index >= 15 is 0 Å². The number of hydrogen-bond donors (Lipinski definition) is 7. The molecule has 0 radical (unpaired) electrons. The van der Waals surface area contributed by atoms with Gasteiger partial charge in [-0.1, -0.05) is 12.1 Å². The number of hydrogen-bond acceptors (Lipinski definition) is 7. The lowest BCUT2D eigenvalue weighted by Crippen LogP contribution is -2.01. The normalized spacial score (nSPS) is 10.5. The van der Waals surface area contributed by atoms with Gasteiger partial charge in [-0.2, -0.15) is 0 Å². The van der Waals surface area contributed by atoms with Crippen LogP contribution in [-0.2, 0) is 0 Å². The third-order valence-electron chi connectivity index (χ3n) is 2.89. The van der Waals surface area contributed by atoms with Crippen molar-refractivity contribution in [2.75, 3.05) is 0 Å². The highest BCUT2D eigenvalue weighted by molar-refractivity contribution is 6.04. The van der Waals surface area contributed by atoms with Crippen LogP contribution >= 0.6 is 0 Å². The molecule has 0 atom stereocenters.